The third kappa shape index (κ3) is 2.53. The van der Waals surface area contributed by atoms with Crippen molar-refractivity contribution in [3.8, 4) is 0 Å². The summed E-state index contributed by atoms with van der Waals surface area (Å²) in [6, 6.07) is 6.30. The highest BCUT2D eigenvalue weighted by molar-refractivity contribution is 7.89. The number of hydrogen-bond acceptors (Lipinski definition) is 5. The molecule has 0 spiro atoms. The average molecular weight is 349 g/mol. The molecule has 7 heteroatoms. The van der Waals surface area contributed by atoms with E-state index in [1.54, 1.807) is 26.0 Å². The number of carbonyl (C=O) groups is 2. The number of cyclic esters (lactones) is 1. The summed E-state index contributed by atoms with van der Waals surface area (Å²) >= 11 is 0. The molecule has 1 aromatic rings. The van der Waals surface area contributed by atoms with Crippen LogP contribution >= 0.6 is 0 Å². The molecule has 2 aliphatic rings. The Bertz CT molecular complexity index is 828. The van der Waals surface area contributed by atoms with Gasteiger partial charge in [0.1, 0.15) is 11.9 Å². The Morgan fingerprint density at radius 2 is 1.79 bits per heavy atom. The van der Waals surface area contributed by atoms with Gasteiger partial charge in [0.2, 0.25) is 0 Å². The number of hydrogen-bond donors (Lipinski definition) is 0. The van der Waals surface area contributed by atoms with Crippen molar-refractivity contribution < 1.29 is 22.7 Å². The highest BCUT2D eigenvalue weighted by Gasteiger charge is 2.52. The molecule has 0 bridgehead atoms. The number of carbonyl (C=O) groups excluding carboxylic acids is 2. The maximum atomic E-state index is 13.0. The first-order valence-electron chi connectivity index (χ1n) is 7.69. The first-order chi connectivity index (χ1) is 11.2. The molecule has 1 aromatic carbocycles. The molecule has 1 aliphatic heterocycles. The molecule has 0 unspecified atom stereocenters. The molecule has 1 saturated carbocycles. The van der Waals surface area contributed by atoms with E-state index in [4.69, 9.17) is 4.74 Å². The van der Waals surface area contributed by atoms with Gasteiger partial charge in [-0.25, -0.2) is 13.2 Å². The standard InChI is InChI=1S/C17H19NO5S/c1-11-4-6-14(7-5-11)24(21,22)18-15(13-8-12(9-13)10-19)17(2,3)23-16(18)20/h4-7,10,12H,8-9H2,1-3H3. The summed E-state index contributed by atoms with van der Waals surface area (Å²) in [7, 11) is -4.06. The summed E-state index contributed by atoms with van der Waals surface area (Å²) in [4.78, 5) is 23.2. The Hall–Kier alpha value is -2.15. The molecule has 128 valence electrons. The lowest BCUT2D eigenvalue weighted by atomic mass is 9.77. The lowest BCUT2D eigenvalue weighted by Crippen LogP contribution is -2.35. The van der Waals surface area contributed by atoms with Gasteiger partial charge in [-0.1, -0.05) is 17.7 Å². The molecule has 0 N–H and O–H groups in total. The Morgan fingerprint density at radius 3 is 2.33 bits per heavy atom. The van der Waals surface area contributed by atoms with Gasteiger partial charge in [0.05, 0.1) is 10.6 Å². The molecule has 3 rings (SSSR count). The van der Waals surface area contributed by atoms with E-state index in [0.717, 1.165) is 21.7 Å². The SMILES string of the molecule is Cc1ccc(S(=O)(=O)N2C(=O)OC(C)(C)C2=C2CC(C=O)C2)cc1. The number of aldehydes is 1. The number of amides is 1. The van der Waals surface area contributed by atoms with Gasteiger partial charge < -0.3 is 9.53 Å². The summed E-state index contributed by atoms with van der Waals surface area (Å²) in [5.41, 5.74) is 0.993. The number of ether oxygens (including phenoxy) is 1. The molecule has 0 radical (unpaired) electrons. The van der Waals surface area contributed by atoms with Crippen LogP contribution in [0.2, 0.25) is 0 Å². The maximum absolute atomic E-state index is 13.0. The zero-order chi connectivity index (χ0) is 17.7. The molecule has 6 nitrogen and oxygen atoms in total. The first kappa shape index (κ1) is 16.7. The molecule has 1 heterocycles. The summed E-state index contributed by atoms with van der Waals surface area (Å²) in [5, 5.41) is 0. The van der Waals surface area contributed by atoms with Crippen LogP contribution in [0.5, 0.6) is 0 Å². The monoisotopic (exact) mass is 349 g/mol. The first-order valence-corrected chi connectivity index (χ1v) is 9.13. The topological polar surface area (TPSA) is 80.8 Å². The fourth-order valence-electron chi connectivity index (χ4n) is 3.11. The van der Waals surface area contributed by atoms with Crippen molar-refractivity contribution in [2.75, 3.05) is 0 Å². The lowest BCUT2D eigenvalue weighted by Gasteiger charge is -2.32. The minimum atomic E-state index is -4.06. The van der Waals surface area contributed by atoms with Crippen molar-refractivity contribution in [2.24, 2.45) is 5.92 Å². The Kier molecular flexibility index (Phi) is 3.79. The van der Waals surface area contributed by atoms with E-state index < -0.39 is 21.7 Å². The summed E-state index contributed by atoms with van der Waals surface area (Å²) in [5.74, 6) is -0.122. The van der Waals surface area contributed by atoms with Crippen LogP contribution in [-0.2, 0) is 19.6 Å². The van der Waals surface area contributed by atoms with Crippen molar-refractivity contribution in [1.29, 1.82) is 0 Å². The number of rotatable bonds is 3. The highest BCUT2D eigenvalue weighted by Crippen LogP contribution is 2.45. The second kappa shape index (κ2) is 5.44. The molecule has 1 amide bonds. The van der Waals surface area contributed by atoms with Crippen LogP contribution in [0.3, 0.4) is 0 Å². The lowest BCUT2D eigenvalue weighted by molar-refractivity contribution is -0.112. The Morgan fingerprint density at radius 1 is 1.21 bits per heavy atom. The second-order valence-electron chi connectivity index (χ2n) is 6.72. The summed E-state index contributed by atoms with van der Waals surface area (Å²) in [6.45, 7) is 5.17. The van der Waals surface area contributed by atoms with E-state index in [0.29, 0.717) is 18.5 Å². The minimum Gasteiger partial charge on any atom is -0.436 e. The molecule has 0 aromatic heterocycles. The quantitative estimate of drug-likeness (QED) is 0.784. The fourth-order valence-corrected chi connectivity index (χ4v) is 4.62. The van der Waals surface area contributed by atoms with Crippen LogP contribution in [0.15, 0.2) is 40.4 Å². The van der Waals surface area contributed by atoms with Crippen LogP contribution in [0.1, 0.15) is 32.3 Å². The normalized spacial score (nSPS) is 23.0. The van der Waals surface area contributed by atoms with E-state index in [-0.39, 0.29) is 10.8 Å². The minimum absolute atomic E-state index is 0.0344. The number of benzene rings is 1. The van der Waals surface area contributed by atoms with E-state index in [2.05, 4.69) is 0 Å². The van der Waals surface area contributed by atoms with Crippen LogP contribution in [0.4, 0.5) is 4.79 Å². The molecule has 1 aliphatic carbocycles. The smallest absolute Gasteiger partial charge is 0.429 e. The largest absolute Gasteiger partial charge is 0.436 e. The average Bonchev–Trinajstić information content (AvgIpc) is 2.68. The van der Waals surface area contributed by atoms with Gasteiger partial charge in [0.25, 0.3) is 10.0 Å². The van der Waals surface area contributed by atoms with Gasteiger partial charge in [-0.05, 0) is 51.3 Å². The van der Waals surface area contributed by atoms with Crippen molar-refractivity contribution in [3.63, 3.8) is 0 Å². The Balaban J connectivity index is 2.09. The van der Waals surface area contributed by atoms with Gasteiger partial charge >= 0.3 is 6.09 Å². The third-order valence-electron chi connectivity index (χ3n) is 4.39. The van der Waals surface area contributed by atoms with Crippen LogP contribution in [0.25, 0.3) is 0 Å². The highest BCUT2D eigenvalue weighted by atomic mass is 32.2. The summed E-state index contributed by atoms with van der Waals surface area (Å²) < 4.78 is 32.0. The fraction of sp³-hybridized carbons (Fsp3) is 0.412. The van der Waals surface area contributed by atoms with Gasteiger partial charge in [0, 0.05) is 5.92 Å². The van der Waals surface area contributed by atoms with E-state index >= 15 is 0 Å². The van der Waals surface area contributed by atoms with E-state index in [1.807, 2.05) is 6.92 Å². The molecule has 24 heavy (non-hydrogen) atoms. The number of sulfonamides is 1. The Labute approximate surface area is 141 Å². The number of aryl methyl sites for hydroxylation is 1. The van der Waals surface area contributed by atoms with Crippen molar-refractivity contribution in [2.45, 2.75) is 44.1 Å². The number of allylic oxidation sites excluding steroid dienone is 1. The van der Waals surface area contributed by atoms with E-state index in [9.17, 15) is 18.0 Å². The zero-order valence-electron chi connectivity index (χ0n) is 13.8. The predicted molar refractivity (Wildman–Crippen MR) is 86.6 cm³/mol. The zero-order valence-corrected chi connectivity index (χ0v) is 14.6. The predicted octanol–water partition coefficient (Wildman–Crippen LogP) is 2.78. The van der Waals surface area contributed by atoms with Crippen molar-refractivity contribution in [1.82, 2.24) is 4.31 Å². The molecule has 0 atom stereocenters. The second-order valence-corrected chi connectivity index (χ2v) is 8.50. The summed E-state index contributed by atoms with van der Waals surface area (Å²) in [6.07, 6.45) is 0.864. The van der Waals surface area contributed by atoms with E-state index in [1.165, 1.54) is 12.1 Å². The van der Waals surface area contributed by atoms with Crippen LogP contribution in [0, 0.1) is 12.8 Å². The number of nitrogens with zero attached hydrogens (tertiary/aromatic N) is 1. The van der Waals surface area contributed by atoms with Crippen LogP contribution in [-0.4, -0.2) is 30.7 Å². The molecule has 2 fully saturated rings. The van der Waals surface area contributed by atoms with Gasteiger partial charge in [0.15, 0.2) is 0 Å². The van der Waals surface area contributed by atoms with Gasteiger partial charge in [-0.15, -0.1) is 0 Å². The molecule has 1 saturated heterocycles. The van der Waals surface area contributed by atoms with Gasteiger partial charge in [-0.2, -0.15) is 4.31 Å². The maximum Gasteiger partial charge on any atom is 0.429 e. The van der Waals surface area contributed by atoms with Crippen molar-refractivity contribution >= 4 is 22.4 Å². The third-order valence-corrected chi connectivity index (χ3v) is 6.07. The molecular formula is C17H19NO5S. The van der Waals surface area contributed by atoms with Crippen molar-refractivity contribution in [3.05, 3.63) is 41.1 Å². The van der Waals surface area contributed by atoms with Crippen LogP contribution < -0.4 is 0 Å². The molecular weight excluding hydrogens is 330 g/mol. The van der Waals surface area contributed by atoms with Gasteiger partial charge in [-0.3, -0.25) is 0 Å².